The SMILES string of the molecule is N#Cc1ncccc1CN(CCO)CC1CCCN1. The zero-order chi connectivity index (χ0) is 13.5. The van der Waals surface area contributed by atoms with Crippen LogP contribution in [0.4, 0.5) is 0 Å². The maximum absolute atomic E-state index is 9.17. The van der Waals surface area contributed by atoms with Crippen molar-refractivity contribution >= 4 is 0 Å². The highest BCUT2D eigenvalue weighted by Gasteiger charge is 2.18. The van der Waals surface area contributed by atoms with Crippen LogP contribution >= 0.6 is 0 Å². The molecule has 1 aromatic rings. The Morgan fingerprint density at radius 2 is 2.47 bits per heavy atom. The molecule has 1 atom stereocenters. The lowest BCUT2D eigenvalue weighted by Crippen LogP contribution is -2.38. The molecule has 2 heterocycles. The van der Waals surface area contributed by atoms with Crippen molar-refractivity contribution in [1.29, 1.82) is 5.26 Å². The average Bonchev–Trinajstić information content (AvgIpc) is 2.92. The zero-order valence-corrected chi connectivity index (χ0v) is 11.0. The summed E-state index contributed by atoms with van der Waals surface area (Å²) < 4.78 is 0. The van der Waals surface area contributed by atoms with Gasteiger partial charge in [0.2, 0.25) is 0 Å². The van der Waals surface area contributed by atoms with E-state index in [2.05, 4.69) is 21.3 Å². The molecule has 0 aliphatic carbocycles. The Labute approximate surface area is 113 Å². The second-order valence-corrected chi connectivity index (χ2v) is 4.87. The van der Waals surface area contributed by atoms with Gasteiger partial charge < -0.3 is 10.4 Å². The van der Waals surface area contributed by atoms with Gasteiger partial charge in [0, 0.05) is 37.4 Å². The summed E-state index contributed by atoms with van der Waals surface area (Å²) in [5, 5.41) is 21.7. The molecule has 19 heavy (non-hydrogen) atoms. The van der Waals surface area contributed by atoms with Gasteiger partial charge in [0.25, 0.3) is 0 Å². The molecule has 0 radical (unpaired) electrons. The van der Waals surface area contributed by atoms with Crippen molar-refractivity contribution in [3.8, 4) is 6.07 Å². The minimum atomic E-state index is 0.134. The summed E-state index contributed by atoms with van der Waals surface area (Å²) in [7, 11) is 0. The van der Waals surface area contributed by atoms with E-state index in [0.29, 0.717) is 24.8 Å². The monoisotopic (exact) mass is 260 g/mol. The number of hydrogen-bond acceptors (Lipinski definition) is 5. The van der Waals surface area contributed by atoms with Crippen LogP contribution in [-0.4, -0.2) is 47.3 Å². The number of hydrogen-bond donors (Lipinski definition) is 2. The largest absolute Gasteiger partial charge is 0.395 e. The van der Waals surface area contributed by atoms with Gasteiger partial charge in [-0.05, 0) is 25.5 Å². The number of aliphatic hydroxyl groups is 1. The Bertz CT molecular complexity index is 437. The van der Waals surface area contributed by atoms with E-state index in [1.54, 1.807) is 6.20 Å². The van der Waals surface area contributed by atoms with Crippen molar-refractivity contribution in [2.24, 2.45) is 0 Å². The van der Waals surface area contributed by atoms with Gasteiger partial charge in [0.15, 0.2) is 0 Å². The van der Waals surface area contributed by atoms with E-state index >= 15 is 0 Å². The third-order valence-electron chi connectivity index (χ3n) is 3.45. The van der Waals surface area contributed by atoms with E-state index in [1.807, 2.05) is 12.1 Å². The highest BCUT2D eigenvalue weighted by Crippen LogP contribution is 2.12. The maximum atomic E-state index is 9.17. The van der Waals surface area contributed by atoms with Crippen LogP contribution in [-0.2, 0) is 6.54 Å². The van der Waals surface area contributed by atoms with Crippen LogP contribution in [0.25, 0.3) is 0 Å². The highest BCUT2D eigenvalue weighted by molar-refractivity contribution is 5.30. The minimum Gasteiger partial charge on any atom is -0.395 e. The maximum Gasteiger partial charge on any atom is 0.144 e. The normalized spacial score (nSPS) is 18.7. The molecule has 5 nitrogen and oxygen atoms in total. The summed E-state index contributed by atoms with van der Waals surface area (Å²) in [6, 6.07) is 6.39. The average molecular weight is 260 g/mol. The van der Waals surface area contributed by atoms with Gasteiger partial charge in [-0.15, -0.1) is 0 Å². The highest BCUT2D eigenvalue weighted by atomic mass is 16.3. The van der Waals surface area contributed by atoms with Crippen LogP contribution in [0, 0.1) is 11.3 Å². The number of pyridine rings is 1. The van der Waals surface area contributed by atoms with Crippen LogP contribution in [0.5, 0.6) is 0 Å². The predicted octanol–water partition coefficient (Wildman–Crippen LogP) is 0.500. The van der Waals surface area contributed by atoms with Gasteiger partial charge >= 0.3 is 0 Å². The third-order valence-corrected chi connectivity index (χ3v) is 3.45. The van der Waals surface area contributed by atoms with Gasteiger partial charge in [0.05, 0.1) is 6.61 Å². The molecule has 1 aliphatic heterocycles. The number of aromatic nitrogens is 1. The van der Waals surface area contributed by atoms with Crippen molar-refractivity contribution < 1.29 is 5.11 Å². The molecule has 102 valence electrons. The van der Waals surface area contributed by atoms with E-state index in [0.717, 1.165) is 18.7 Å². The number of rotatable bonds is 6. The summed E-state index contributed by atoms with van der Waals surface area (Å²) in [5.74, 6) is 0. The predicted molar refractivity (Wildman–Crippen MR) is 72.3 cm³/mol. The zero-order valence-electron chi connectivity index (χ0n) is 11.0. The lowest BCUT2D eigenvalue weighted by atomic mass is 10.1. The molecule has 2 N–H and O–H groups in total. The Morgan fingerprint density at radius 3 is 3.16 bits per heavy atom. The van der Waals surface area contributed by atoms with E-state index < -0.39 is 0 Å². The van der Waals surface area contributed by atoms with Crippen molar-refractivity contribution in [2.75, 3.05) is 26.2 Å². The first kappa shape index (κ1) is 13.9. The number of nitrogens with one attached hydrogen (secondary N) is 1. The minimum absolute atomic E-state index is 0.134. The molecule has 1 aromatic heterocycles. The fourth-order valence-corrected chi connectivity index (χ4v) is 2.51. The topological polar surface area (TPSA) is 72.2 Å². The second kappa shape index (κ2) is 7.19. The third kappa shape index (κ3) is 4.00. The van der Waals surface area contributed by atoms with Crippen LogP contribution in [0.3, 0.4) is 0 Å². The first-order valence-corrected chi connectivity index (χ1v) is 6.74. The Balaban J connectivity index is 2.00. The molecule has 1 saturated heterocycles. The molecule has 1 aliphatic rings. The van der Waals surface area contributed by atoms with Gasteiger partial charge in [-0.3, -0.25) is 4.90 Å². The number of aliphatic hydroxyl groups excluding tert-OH is 1. The summed E-state index contributed by atoms with van der Waals surface area (Å²) in [6.45, 7) is 3.40. The van der Waals surface area contributed by atoms with Gasteiger partial charge in [-0.1, -0.05) is 6.07 Å². The van der Waals surface area contributed by atoms with Crippen molar-refractivity contribution in [3.05, 3.63) is 29.6 Å². The molecule has 0 aromatic carbocycles. The first-order chi connectivity index (χ1) is 9.33. The lowest BCUT2D eigenvalue weighted by Gasteiger charge is -2.25. The molecule has 1 fully saturated rings. The van der Waals surface area contributed by atoms with Crippen LogP contribution in [0.1, 0.15) is 24.1 Å². The Kier molecular flexibility index (Phi) is 5.28. The van der Waals surface area contributed by atoms with E-state index in [4.69, 9.17) is 5.26 Å². The lowest BCUT2D eigenvalue weighted by molar-refractivity contribution is 0.179. The van der Waals surface area contributed by atoms with Crippen molar-refractivity contribution in [3.63, 3.8) is 0 Å². The molecular formula is C14H20N4O. The van der Waals surface area contributed by atoms with Crippen LogP contribution in [0.15, 0.2) is 18.3 Å². The molecule has 2 rings (SSSR count). The van der Waals surface area contributed by atoms with E-state index in [-0.39, 0.29) is 6.61 Å². The van der Waals surface area contributed by atoms with Gasteiger partial charge in [-0.25, -0.2) is 4.98 Å². The standard InChI is InChI=1S/C14H20N4O/c15-9-14-12(3-1-6-17-14)10-18(7-8-19)11-13-4-2-5-16-13/h1,3,6,13,16,19H,2,4-5,7-8,10-11H2. The number of nitriles is 1. The van der Waals surface area contributed by atoms with E-state index in [1.165, 1.54) is 12.8 Å². The van der Waals surface area contributed by atoms with Crippen molar-refractivity contribution in [2.45, 2.75) is 25.4 Å². The summed E-state index contributed by atoms with van der Waals surface area (Å²) >= 11 is 0. The molecule has 0 amide bonds. The number of nitrogens with zero attached hydrogens (tertiary/aromatic N) is 3. The van der Waals surface area contributed by atoms with Gasteiger partial charge in [0.1, 0.15) is 11.8 Å². The fourth-order valence-electron chi connectivity index (χ4n) is 2.51. The first-order valence-electron chi connectivity index (χ1n) is 6.74. The molecular weight excluding hydrogens is 240 g/mol. The van der Waals surface area contributed by atoms with Crippen LogP contribution < -0.4 is 5.32 Å². The van der Waals surface area contributed by atoms with E-state index in [9.17, 15) is 5.11 Å². The quantitative estimate of drug-likeness (QED) is 0.779. The van der Waals surface area contributed by atoms with Gasteiger partial charge in [-0.2, -0.15) is 5.26 Å². The molecule has 5 heteroatoms. The smallest absolute Gasteiger partial charge is 0.144 e. The molecule has 1 unspecified atom stereocenters. The summed E-state index contributed by atoms with van der Waals surface area (Å²) in [4.78, 5) is 6.26. The summed E-state index contributed by atoms with van der Waals surface area (Å²) in [6.07, 6.45) is 4.03. The second-order valence-electron chi connectivity index (χ2n) is 4.87. The van der Waals surface area contributed by atoms with Crippen molar-refractivity contribution in [1.82, 2.24) is 15.2 Å². The Hall–Kier alpha value is -1.48. The fraction of sp³-hybridized carbons (Fsp3) is 0.571. The summed E-state index contributed by atoms with van der Waals surface area (Å²) in [5.41, 5.74) is 1.40. The van der Waals surface area contributed by atoms with Crippen LogP contribution in [0.2, 0.25) is 0 Å². The molecule has 0 spiro atoms. The molecule has 0 saturated carbocycles. The molecule has 0 bridgehead atoms. The Morgan fingerprint density at radius 1 is 1.58 bits per heavy atom.